The second-order valence-electron chi connectivity index (χ2n) is 6.04. The molecule has 20 heavy (non-hydrogen) atoms. The lowest BCUT2D eigenvalue weighted by atomic mass is 9.90. The van der Waals surface area contributed by atoms with Gasteiger partial charge in [-0.2, -0.15) is 0 Å². The SMILES string of the molecule is COc1ccc(CC(O)C(C)(C)N2CCCC2)cc1F. The zero-order chi connectivity index (χ0) is 14.8. The fourth-order valence-electron chi connectivity index (χ4n) is 2.81. The Bertz CT molecular complexity index is 456. The molecule has 1 N–H and O–H groups in total. The summed E-state index contributed by atoms with van der Waals surface area (Å²) in [4.78, 5) is 2.32. The van der Waals surface area contributed by atoms with E-state index in [1.165, 1.54) is 26.0 Å². The van der Waals surface area contributed by atoms with Crippen molar-refractivity contribution in [3.8, 4) is 5.75 Å². The molecule has 0 aromatic heterocycles. The molecule has 1 unspecified atom stereocenters. The first kappa shape index (κ1) is 15.3. The monoisotopic (exact) mass is 281 g/mol. The normalized spacial score (nSPS) is 18.2. The van der Waals surface area contributed by atoms with Gasteiger partial charge in [-0.15, -0.1) is 0 Å². The first-order chi connectivity index (χ1) is 9.45. The molecule has 0 radical (unpaired) electrons. The zero-order valence-electron chi connectivity index (χ0n) is 12.5. The Morgan fingerprint density at radius 3 is 2.55 bits per heavy atom. The molecule has 1 heterocycles. The first-order valence-electron chi connectivity index (χ1n) is 7.20. The van der Waals surface area contributed by atoms with E-state index in [4.69, 9.17) is 4.74 Å². The van der Waals surface area contributed by atoms with Crippen LogP contribution in [0.15, 0.2) is 18.2 Å². The van der Waals surface area contributed by atoms with Crippen LogP contribution in [0.3, 0.4) is 0 Å². The van der Waals surface area contributed by atoms with Gasteiger partial charge in [0.1, 0.15) is 0 Å². The third-order valence-corrected chi connectivity index (χ3v) is 4.38. The zero-order valence-corrected chi connectivity index (χ0v) is 12.5. The Morgan fingerprint density at radius 1 is 1.35 bits per heavy atom. The van der Waals surface area contributed by atoms with E-state index in [1.54, 1.807) is 6.07 Å². The van der Waals surface area contributed by atoms with Gasteiger partial charge in [-0.05, 0) is 57.5 Å². The number of halogens is 1. The van der Waals surface area contributed by atoms with Crippen molar-refractivity contribution in [3.63, 3.8) is 0 Å². The lowest BCUT2D eigenvalue weighted by molar-refractivity contribution is 0.00333. The number of rotatable bonds is 5. The highest BCUT2D eigenvalue weighted by atomic mass is 19.1. The highest BCUT2D eigenvalue weighted by Gasteiger charge is 2.35. The fraction of sp³-hybridized carbons (Fsp3) is 0.625. The number of benzene rings is 1. The van der Waals surface area contributed by atoms with Crippen molar-refractivity contribution in [3.05, 3.63) is 29.6 Å². The number of nitrogens with zero attached hydrogens (tertiary/aromatic N) is 1. The molecule has 0 spiro atoms. The first-order valence-corrected chi connectivity index (χ1v) is 7.20. The average Bonchev–Trinajstić information content (AvgIpc) is 2.93. The molecule has 4 heteroatoms. The maximum atomic E-state index is 13.7. The number of ether oxygens (including phenoxy) is 1. The molecule has 1 atom stereocenters. The molecular formula is C16H24FNO2. The van der Waals surface area contributed by atoms with E-state index in [1.807, 2.05) is 6.07 Å². The van der Waals surface area contributed by atoms with Crippen molar-refractivity contribution in [2.24, 2.45) is 0 Å². The molecule has 3 nitrogen and oxygen atoms in total. The van der Waals surface area contributed by atoms with Gasteiger partial charge in [0.05, 0.1) is 13.2 Å². The van der Waals surface area contributed by atoms with E-state index < -0.39 is 6.10 Å². The summed E-state index contributed by atoms with van der Waals surface area (Å²) in [5.41, 5.74) is 0.510. The Hall–Kier alpha value is -1.13. The molecule has 1 fully saturated rings. The second kappa shape index (κ2) is 6.10. The van der Waals surface area contributed by atoms with Crippen LogP contribution in [-0.2, 0) is 6.42 Å². The summed E-state index contributed by atoms with van der Waals surface area (Å²) in [5, 5.41) is 10.5. The molecule has 1 aromatic carbocycles. The largest absolute Gasteiger partial charge is 0.494 e. The van der Waals surface area contributed by atoms with Crippen LogP contribution < -0.4 is 4.74 Å². The number of methoxy groups -OCH3 is 1. The van der Waals surface area contributed by atoms with Crippen molar-refractivity contribution in [2.75, 3.05) is 20.2 Å². The van der Waals surface area contributed by atoms with Gasteiger partial charge in [-0.3, -0.25) is 4.90 Å². The van der Waals surface area contributed by atoms with Crippen LogP contribution in [0.5, 0.6) is 5.75 Å². The maximum Gasteiger partial charge on any atom is 0.165 e. The van der Waals surface area contributed by atoms with Gasteiger partial charge in [-0.1, -0.05) is 6.07 Å². The molecule has 0 bridgehead atoms. The molecule has 0 aliphatic carbocycles. The second-order valence-corrected chi connectivity index (χ2v) is 6.04. The molecule has 1 saturated heterocycles. The van der Waals surface area contributed by atoms with Crippen LogP contribution >= 0.6 is 0 Å². The summed E-state index contributed by atoms with van der Waals surface area (Å²) in [6.45, 7) is 6.17. The van der Waals surface area contributed by atoms with Gasteiger partial charge in [-0.25, -0.2) is 4.39 Å². The molecule has 112 valence electrons. The number of likely N-dealkylation sites (tertiary alicyclic amines) is 1. The van der Waals surface area contributed by atoms with Gasteiger partial charge >= 0.3 is 0 Å². The predicted octanol–water partition coefficient (Wildman–Crippen LogP) is 2.61. The van der Waals surface area contributed by atoms with Crippen molar-refractivity contribution >= 4 is 0 Å². The molecule has 0 amide bonds. The maximum absolute atomic E-state index is 13.7. The average molecular weight is 281 g/mol. The van der Waals surface area contributed by atoms with Gasteiger partial charge in [0.15, 0.2) is 11.6 Å². The molecule has 1 aliphatic heterocycles. The van der Waals surface area contributed by atoms with Crippen molar-refractivity contribution in [1.29, 1.82) is 0 Å². The van der Waals surface area contributed by atoms with Crippen LogP contribution in [0.4, 0.5) is 4.39 Å². The molecule has 1 aromatic rings. The van der Waals surface area contributed by atoms with Gasteiger partial charge in [0.2, 0.25) is 0 Å². The van der Waals surface area contributed by atoms with Crippen LogP contribution in [0.1, 0.15) is 32.3 Å². The predicted molar refractivity (Wildman–Crippen MR) is 77.5 cm³/mol. The summed E-state index contributed by atoms with van der Waals surface area (Å²) in [6, 6.07) is 4.87. The number of hydrogen-bond acceptors (Lipinski definition) is 3. The van der Waals surface area contributed by atoms with E-state index in [2.05, 4.69) is 18.7 Å². The topological polar surface area (TPSA) is 32.7 Å². The summed E-state index contributed by atoms with van der Waals surface area (Å²) in [7, 11) is 1.45. The minimum Gasteiger partial charge on any atom is -0.494 e. The highest BCUT2D eigenvalue weighted by molar-refractivity contribution is 5.29. The Balaban J connectivity index is 2.06. The molecule has 1 aliphatic rings. The van der Waals surface area contributed by atoms with E-state index in [0.717, 1.165) is 18.7 Å². The Morgan fingerprint density at radius 2 is 2.00 bits per heavy atom. The van der Waals surface area contributed by atoms with Crippen LogP contribution in [0.25, 0.3) is 0 Å². The van der Waals surface area contributed by atoms with Gasteiger partial charge in [0.25, 0.3) is 0 Å². The third-order valence-electron chi connectivity index (χ3n) is 4.38. The van der Waals surface area contributed by atoms with E-state index in [9.17, 15) is 9.50 Å². The fourth-order valence-corrected chi connectivity index (χ4v) is 2.81. The number of aliphatic hydroxyl groups is 1. The lowest BCUT2D eigenvalue weighted by Gasteiger charge is -2.39. The molecular weight excluding hydrogens is 257 g/mol. The van der Waals surface area contributed by atoms with Crippen molar-refractivity contribution < 1.29 is 14.2 Å². The van der Waals surface area contributed by atoms with Gasteiger partial charge < -0.3 is 9.84 Å². The van der Waals surface area contributed by atoms with Crippen LogP contribution in [0, 0.1) is 5.82 Å². The lowest BCUT2D eigenvalue weighted by Crippen LogP contribution is -2.51. The summed E-state index contributed by atoms with van der Waals surface area (Å²) >= 11 is 0. The Kier molecular flexibility index (Phi) is 4.66. The van der Waals surface area contributed by atoms with Crippen molar-refractivity contribution in [1.82, 2.24) is 4.90 Å². The van der Waals surface area contributed by atoms with Crippen molar-refractivity contribution in [2.45, 2.75) is 44.8 Å². The minimum atomic E-state index is -0.520. The number of hydrogen-bond donors (Lipinski definition) is 1. The smallest absolute Gasteiger partial charge is 0.165 e. The molecule has 2 rings (SSSR count). The summed E-state index contributed by atoms with van der Waals surface area (Å²) in [5.74, 6) is -0.141. The van der Waals surface area contributed by atoms with E-state index in [0.29, 0.717) is 6.42 Å². The van der Waals surface area contributed by atoms with Gasteiger partial charge in [0, 0.05) is 12.0 Å². The quantitative estimate of drug-likeness (QED) is 0.900. The van der Waals surface area contributed by atoms with E-state index >= 15 is 0 Å². The Labute approximate surface area is 120 Å². The number of aliphatic hydroxyl groups excluding tert-OH is 1. The summed E-state index contributed by atoms with van der Waals surface area (Å²) in [6.07, 6.45) is 2.30. The van der Waals surface area contributed by atoms with E-state index in [-0.39, 0.29) is 17.1 Å². The van der Waals surface area contributed by atoms with Crippen LogP contribution in [0.2, 0.25) is 0 Å². The molecule has 0 saturated carbocycles. The highest BCUT2D eigenvalue weighted by Crippen LogP contribution is 2.27. The minimum absolute atomic E-state index is 0.238. The summed E-state index contributed by atoms with van der Waals surface area (Å²) < 4.78 is 18.6. The van der Waals surface area contributed by atoms with Crippen LogP contribution in [-0.4, -0.2) is 41.8 Å². The standard InChI is InChI=1S/C16H24FNO2/c1-16(2,18-8-4-5-9-18)15(19)11-12-6-7-14(20-3)13(17)10-12/h6-7,10,15,19H,4-5,8-9,11H2,1-3H3. The third kappa shape index (κ3) is 3.13.